The zero-order chi connectivity index (χ0) is 9.26. The van der Waals surface area contributed by atoms with Gasteiger partial charge in [-0.15, -0.1) is 11.6 Å². The number of rotatable bonds is 2. The zero-order valence-corrected chi connectivity index (χ0v) is 7.83. The quantitative estimate of drug-likeness (QED) is 0.679. The van der Waals surface area contributed by atoms with Crippen molar-refractivity contribution in [1.82, 2.24) is 4.90 Å². The lowest BCUT2D eigenvalue weighted by Gasteiger charge is -2.13. The second kappa shape index (κ2) is 3.42. The maximum Gasteiger partial charge on any atom is 0.224 e. The van der Waals surface area contributed by atoms with Crippen molar-refractivity contribution in [3.8, 4) is 0 Å². The summed E-state index contributed by atoms with van der Waals surface area (Å²) < 4.78 is 4.92. The third-order valence-corrected chi connectivity index (χ3v) is 2.41. The molecule has 13 heavy (non-hydrogen) atoms. The Morgan fingerprint density at radius 3 is 3.08 bits per heavy atom. The molecule has 0 saturated carbocycles. The minimum absolute atomic E-state index is 0.0283. The molecule has 4 heteroatoms. The lowest BCUT2D eigenvalue weighted by Crippen LogP contribution is -2.24. The number of alkyl halides is 1. The highest BCUT2D eigenvalue weighted by atomic mass is 35.5. The second-order valence-corrected chi connectivity index (χ2v) is 3.82. The van der Waals surface area contributed by atoms with Crippen LogP contribution in [0, 0.1) is 0 Å². The van der Waals surface area contributed by atoms with Crippen LogP contribution in [0.3, 0.4) is 0 Å². The van der Waals surface area contributed by atoms with Gasteiger partial charge in [0, 0.05) is 25.1 Å². The summed E-state index contributed by atoms with van der Waals surface area (Å²) in [5, 5.41) is -0.0283. The van der Waals surface area contributed by atoms with Gasteiger partial charge < -0.3 is 9.32 Å². The van der Waals surface area contributed by atoms with Gasteiger partial charge in [-0.3, -0.25) is 4.79 Å². The predicted molar refractivity (Wildman–Crippen MR) is 48.4 cm³/mol. The van der Waals surface area contributed by atoms with Gasteiger partial charge in [-0.25, -0.2) is 0 Å². The molecule has 0 spiro atoms. The van der Waals surface area contributed by atoms with Crippen molar-refractivity contribution in [3.05, 3.63) is 24.2 Å². The summed E-state index contributed by atoms with van der Waals surface area (Å²) in [5.41, 5.74) is 1.01. The molecule has 1 aliphatic rings. The summed E-state index contributed by atoms with van der Waals surface area (Å²) in [7, 11) is 0. The molecule has 1 aliphatic heterocycles. The van der Waals surface area contributed by atoms with E-state index >= 15 is 0 Å². The van der Waals surface area contributed by atoms with Crippen LogP contribution in [0.4, 0.5) is 0 Å². The minimum atomic E-state index is -0.0283. The van der Waals surface area contributed by atoms with E-state index in [2.05, 4.69) is 0 Å². The number of hydrogen-bond donors (Lipinski definition) is 0. The Morgan fingerprint density at radius 1 is 1.69 bits per heavy atom. The van der Waals surface area contributed by atoms with Crippen molar-refractivity contribution in [2.45, 2.75) is 18.3 Å². The predicted octanol–water partition coefficient (Wildman–Crippen LogP) is 1.62. The van der Waals surface area contributed by atoms with Crippen molar-refractivity contribution in [3.63, 3.8) is 0 Å². The molecule has 1 aromatic rings. The number of furan rings is 1. The molecule has 1 unspecified atom stereocenters. The lowest BCUT2D eigenvalue weighted by molar-refractivity contribution is -0.128. The molecule has 1 atom stereocenters. The first kappa shape index (κ1) is 8.63. The Kier molecular flexibility index (Phi) is 2.27. The van der Waals surface area contributed by atoms with Gasteiger partial charge >= 0.3 is 0 Å². The number of carbonyl (C=O) groups excluding carboxylic acids is 1. The van der Waals surface area contributed by atoms with Crippen LogP contribution >= 0.6 is 11.6 Å². The van der Waals surface area contributed by atoms with E-state index in [4.69, 9.17) is 16.0 Å². The van der Waals surface area contributed by atoms with E-state index in [-0.39, 0.29) is 11.3 Å². The molecule has 0 radical (unpaired) electrons. The fraction of sp³-hybridized carbons (Fsp3) is 0.444. The molecule has 0 N–H and O–H groups in total. The van der Waals surface area contributed by atoms with Gasteiger partial charge in [0.25, 0.3) is 0 Å². The van der Waals surface area contributed by atoms with Crippen LogP contribution in [-0.4, -0.2) is 22.7 Å². The Balaban J connectivity index is 1.99. The molecule has 70 valence electrons. The summed E-state index contributed by atoms with van der Waals surface area (Å²) in [4.78, 5) is 13.1. The van der Waals surface area contributed by atoms with Gasteiger partial charge in [-0.05, 0) is 6.07 Å². The fourth-order valence-corrected chi connectivity index (χ4v) is 1.78. The highest BCUT2D eigenvalue weighted by Crippen LogP contribution is 2.18. The van der Waals surface area contributed by atoms with E-state index in [0.29, 0.717) is 19.5 Å². The normalized spacial score (nSPS) is 22.7. The SMILES string of the molecule is O=C1CC(Cl)CN1Cc1ccoc1. The maximum absolute atomic E-state index is 11.3. The molecule has 3 nitrogen and oxygen atoms in total. The molecule has 1 fully saturated rings. The van der Waals surface area contributed by atoms with Gasteiger partial charge in [0.15, 0.2) is 0 Å². The number of carbonyl (C=O) groups is 1. The van der Waals surface area contributed by atoms with Crippen LogP contribution in [0.2, 0.25) is 0 Å². The first-order chi connectivity index (χ1) is 6.25. The minimum Gasteiger partial charge on any atom is -0.472 e. The first-order valence-electron chi connectivity index (χ1n) is 4.18. The van der Waals surface area contributed by atoms with Gasteiger partial charge in [0.05, 0.1) is 17.9 Å². The van der Waals surface area contributed by atoms with Crippen molar-refractivity contribution >= 4 is 17.5 Å². The first-order valence-corrected chi connectivity index (χ1v) is 4.62. The Bertz CT molecular complexity index is 297. The average molecular weight is 200 g/mol. The van der Waals surface area contributed by atoms with Crippen LogP contribution < -0.4 is 0 Å². The van der Waals surface area contributed by atoms with E-state index in [0.717, 1.165) is 5.56 Å². The van der Waals surface area contributed by atoms with E-state index in [1.54, 1.807) is 17.4 Å². The van der Waals surface area contributed by atoms with Crippen LogP contribution in [0.15, 0.2) is 23.0 Å². The molecule has 1 saturated heterocycles. The Morgan fingerprint density at radius 2 is 2.54 bits per heavy atom. The van der Waals surface area contributed by atoms with Crippen LogP contribution in [0.25, 0.3) is 0 Å². The van der Waals surface area contributed by atoms with E-state index in [9.17, 15) is 4.79 Å². The maximum atomic E-state index is 11.3. The van der Waals surface area contributed by atoms with Crippen LogP contribution in [-0.2, 0) is 11.3 Å². The third-order valence-electron chi connectivity index (χ3n) is 2.12. The highest BCUT2D eigenvalue weighted by Gasteiger charge is 2.27. The summed E-state index contributed by atoms with van der Waals surface area (Å²) >= 11 is 5.86. The number of nitrogens with zero attached hydrogens (tertiary/aromatic N) is 1. The number of halogens is 1. The summed E-state index contributed by atoms with van der Waals surface area (Å²) in [6, 6.07) is 1.86. The van der Waals surface area contributed by atoms with Gasteiger partial charge in [-0.2, -0.15) is 0 Å². The van der Waals surface area contributed by atoms with Crippen molar-refractivity contribution in [2.75, 3.05) is 6.54 Å². The molecule has 1 amide bonds. The summed E-state index contributed by atoms with van der Waals surface area (Å²) in [6.07, 6.45) is 3.71. The van der Waals surface area contributed by atoms with E-state index < -0.39 is 0 Å². The molecule has 0 aromatic carbocycles. The fourth-order valence-electron chi connectivity index (χ4n) is 1.48. The van der Waals surface area contributed by atoms with Crippen molar-refractivity contribution in [1.29, 1.82) is 0 Å². The van der Waals surface area contributed by atoms with Gasteiger partial charge in [0.1, 0.15) is 0 Å². The molecular formula is C9H10ClNO2. The largest absolute Gasteiger partial charge is 0.472 e. The second-order valence-electron chi connectivity index (χ2n) is 3.21. The molecule has 2 rings (SSSR count). The third kappa shape index (κ3) is 1.86. The Labute approximate surface area is 81.3 Å². The molecule has 0 bridgehead atoms. The average Bonchev–Trinajstić information content (AvgIpc) is 2.63. The van der Waals surface area contributed by atoms with Gasteiger partial charge in [-0.1, -0.05) is 0 Å². The summed E-state index contributed by atoms with van der Waals surface area (Å²) in [5.74, 6) is 0.126. The van der Waals surface area contributed by atoms with Crippen LogP contribution in [0.5, 0.6) is 0 Å². The van der Waals surface area contributed by atoms with Crippen LogP contribution in [0.1, 0.15) is 12.0 Å². The van der Waals surface area contributed by atoms with E-state index in [1.807, 2.05) is 6.07 Å². The number of hydrogen-bond acceptors (Lipinski definition) is 2. The molecule has 0 aliphatic carbocycles. The molecule has 1 aromatic heterocycles. The number of likely N-dealkylation sites (tertiary alicyclic amines) is 1. The number of amides is 1. The van der Waals surface area contributed by atoms with Crippen molar-refractivity contribution in [2.24, 2.45) is 0 Å². The zero-order valence-electron chi connectivity index (χ0n) is 7.07. The summed E-state index contributed by atoms with van der Waals surface area (Å²) in [6.45, 7) is 1.25. The van der Waals surface area contributed by atoms with Crippen molar-refractivity contribution < 1.29 is 9.21 Å². The molecule has 2 heterocycles. The van der Waals surface area contributed by atoms with Gasteiger partial charge in [0.2, 0.25) is 5.91 Å². The highest BCUT2D eigenvalue weighted by molar-refractivity contribution is 6.22. The molecular weight excluding hydrogens is 190 g/mol. The lowest BCUT2D eigenvalue weighted by atomic mass is 10.3. The van der Waals surface area contributed by atoms with E-state index in [1.165, 1.54) is 0 Å². The standard InChI is InChI=1S/C9H10ClNO2/c10-8-3-9(12)11(5-8)4-7-1-2-13-6-7/h1-2,6,8H,3-5H2. The smallest absolute Gasteiger partial charge is 0.224 e. The Hall–Kier alpha value is -0.960. The topological polar surface area (TPSA) is 33.5 Å². The monoisotopic (exact) mass is 199 g/mol.